The van der Waals surface area contributed by atoms with Crippen LogP contribution in [0, 0.1) is 0 Å². The molecule has 7 nitrogen and oxygen atoms in total. The van der Waals surface area contributed by atoms with Crippen molar-refractivity contribution in [3.63, 3.8) is 0 Å². The molecule has 0 fully saturated rings. The van der Waals surface area contributed by atoms with Crippen molar-refractivity contribution in [1.29, 1.82) is 0 Å². The molecule has 0 radical (unpaired) electrons. The number of nitrogens with zero attached hydrogens (tertiary/aromatic N) is 1. The minimum Gasteiger partial charge on any atom is -0.460 e. The standard InChI is InChI=1S/C12H10N2O5S/c1-2-18-11(17)9(15)7-6-20-12(13-7)14-10(16)8-4-3-5-19-8/h3-6H,2H2,1H3,(H,13,14,16). The van der Waals surface area contributed by atoms with Crippen molar-refractivity contribution in [3.8, 4) is 0 Å². The molecule has 1 N–H and O–H groups in total. The lowest BCUT2D eigenvalue weighted by Gasteiger charge is -1.98. The molecule has 1 amide bonds. The third kappa shape index (κ3) is 3.09. The first-order valence-corrected chi connectivity index (χ1v) is 6.51. The Morgan fingerprint density at radius 2 is 2.25 bits per heavy atom. The van der Waals surface area contributed by atoms with Crippen LogP contribution in [0.5, 0.6) is 0 Å². The lowest BCUT2D eigenvalue weighted by Crippen LogP contribution is -2.18. The lowest BCUT2D eigenvalue weighted by atomic mass is 10.3. The smallest absolute Gasteiger partial charge is 0.381 e. The van der Waals surface area contributed by atoms with E-state index in [4.69, 9.17) is 4.42 Å². The minimum absolute atomic E-state index is 0.0665. The Hall–Kier alpha value is -2.48. The van der Waals surface area contributed by atoms with Gasteiger partial charge in [-0.05, 0) is 19.1 Å². The molecule has 0 aliphatic carbocycles. The van der Waals surface area contributed by atoms with E-state index in [9.17, 15) is 14.4 Å². The molecule has 20 heavy (non-hydrogen) atoms. The number of amides is 1. The molecule has 2 aromatic heterocycles. The van der Waals surface area contributed by atoms with Crippen molar-refractivity contribution in [1.82, 2.24) is 4.98 Å². The van der Waals surface area contributed by atoms with Crippen molar-refractivity contribution >= 4 is 34.1 Å². The molecule has 0 bridgehead atoms. The molecule has 0 saturated heterocycles. The van der Waals surface area contributed by atoms with Crippen LogP contribution in [0.4, 0.5) is 5.13 Å². The predicted molar refractivity (Wildman–Crippen MR) is 69.7 cm³/mol. The molecule has 2 heterocycles. The molecule has 0 aliphatic rings. The Kier molecular flexibility index (Phi) is 4.26. The van der Waals surface area contributed by atoms with Gasteiger partial charge in [0.2, 0.25) is 0 Å². The van der Waals surface area contributed by atoms with E-state index in [1.807, 2.05) is 0 Å². The molecule has 0 spiro atoms. The number of hydrogen-bond acceptors (Lipinski definition) is 7. The number of esters is 1. The van der Waals surface area contributed by atoms with Gasteiger partial charge in [-0.1, -0.05) is 0 Å². The number of hydrogen-bond donors (Lipinski definition) is 1. The molecular weight excluding hydrogens is 284 g/mol. The molecular formula is C12H10N2O5S. The molecule has 0 atom stereocenters. The zero-order valence-corrected chi connectivity index (χ0v) is 11.2. The maximum absolute atomic E-state index is 11.7. The highest BCUT2D eigenvalue weighted by atomic mass is 32.1. The first kappa shape index (κ1) is 13.9. The Balaban J connectivity index is 2.04. The van der Waals surface area contributed by atoms with Crippen molar-refractivity contribution in [2.75, 3.05) is 11.9 Å². The number of anilines is 1. The summed E-state index contributed by atoms with van der Waals surface area (Å²) < 4.78 is 9.50. The van der Waals surface area contributed by atoms with Gasteiger partial charge in [0.1, 0.15) is 5.69 Å². The lowest BCUT2D eigenvalue weighted by molar-refractivity contribution is -0.137. The molecule has 0 aliphatic heterocycles. The van der Waals surface area contributed by atoms with E-state index >= 15 is 0 Å². The van der Waals surface area contributed by atoms with Gasteiger partial charge >= 0.3 is 5.97 Å². The quantitative estimate of drug-likeness (QED) is 0.512. The van der Waals surface area contributed by atoms with Gasteiger partial charge in [-0.2, -0.15) is 0 Å². The van der Waals surface area contributed by atoms with Crippen LogP contribution < -0.4 is 5.32 Å². The zero-order chi connectivity index (χ0) is 14.5. The number of aromatic nitrogens is 1. The second-order valence-electron chi connectivity index (χ2n) is 3.52. The van der Waals surface area contributed by atoms with Crippen LogP contribution in [0.2, 0.25) is 0 Å². The van der Waals surface area contributed by atoms with E-state index in [2.05, 4.69) is 15.0 Å². The molecule has 104 valence electrons. The number of thiazole rings is 1. The zero-order valence-electron chi connectivity index (χ0n) is 10.4. The summed E-state index contributed by atoms with van der Waals surface area (Å²) in [7, 11) is 0. The SMILES string of the molecule is CCOC(=O)C(=O)c1csc(NC(=O)c2ccco2)n1. The summed E-state index contributed by atoms with van der Waals surface area (Å²) in [6.07, 6.45) is 1.37. The normalized spacial score (nSPS) is 10.1. The summed E-state index contributed by atoms with van der Waals surface area (Å²) in [5.41, 5.74) is -0.0665. The molecule has 0 saturated carbocycles. The van der Waals surface area contributed by atoms with Crippen molar-refractivity contribution in [2.45, 2.75) is 6.92 Å². The third-order valence-electron chi connectivity index (χ3n) is 2.16. The van der Waals surface area contributed by atoms with Crippen LogP contribution in [-0.4, -0.2) is 29.3 Å². The first-order chi connectivity index (χ1) is 9.61. The van der Waals surface area contributed by atoms with Gasteiger partial charge in [0.25, 0.3) is 11.7 Å². The average molecular weight is 294 g/mol. The van der Waals surface area contributed by atoms with Crippen LogP contribution in [0.3, 0.4) is 0 Å². The predicted octanol–water partition coefficient (Wildman–Crippen LogP) is 1.73. The van der Waals surface area contributed by atoms with E-state index in [-0.39, 0.29) is 23.2 Å². The second kappa shape index (κ2) is 6.11. The molecule has 2 aromatic rings. The van der Waals surface area contributed by atoms with Crippen LogP contribution in [0.15, 0.2) is 28.2 Å². The van der Waals surface area contributed by atoms with Gasteiger partial charge < -0.3 is 9.15 Å². The number of nitrogens with one attached hydrogen (secondary N) is 1. The second-order valence-corrected chi connectivity index (χ2v) is 4.38. The van der Waals surface area contributed by atoms with Crippen LogP contribution >= 0.6 is 11.3 Å². The third-order valence-corrected chi connectivity index (χ3v) is 2.92. The van der Waals surface area contributed by atoms with Gasteiger partial charge in [0, 0.05) is 5.38 Å². The van der Waals surface area contributed by atoms with Crippen LogP contribution in [-0.2, 0) is 9.53 Å². The number of carbonyl (C=O) groups is 3. The van der Waals surface area contributed by atoms with E-state index < -0.39 is 17.7 Å². The number of ether oxygens (including phenoxy) is 1. The number of ketones is 1. The van der Waals surface area contributed by atoms with Crippen molar-refractivity contribution < 1.29 is 23.5 Å². The number of carbonyl (C=O) groups excluding carboxylic acids is 3. The number of rotatable bonds is 5. The van der Waals surface area contributed by atoms with E-state index in [1.165, 1.54) is 17.7 Å². The summed E-state index contributed by atoms with van der Waals surface area (Å²) in [5.74, 6) is -2.18. The van der Waals surface area contributed by atoms with Gasteiger partial charge in [-0.15, -0.1) is 11.3 Å². The van der Waals surface area contributed by atoms with E-state index in [0.717, 1.165) is 11.3 Å². The summed E-state index contributed by atoms with van der Waals surface area (Å²) in [4.78, 5) is 38.4. The Morgan fingerprint density at radius 3 is 2.90 bits per heavy atom. The maximum atomic E-state index is 11.7. The Labute approximate surface area is 117 Å². The Bertz CT molecular complexity index is 632. The summed E-state index contributed by atoms with van der Waals surface area (Å²) in [6, 6.07) is 3.07. The Morgan fingerprint density at radius 1 is 1.45 bits per heavy atom. The highest BCUT2D eigenvalue weighted by molar-refractivity contribution is 7.14. The minimum atomic E-state index is -0.971. The maximum Gasteiger partial charge on any atom is 0.381 e. The fourth-order valence-electron chi connectivity index (χ4n) is 1.30. The van der Waals surface area contributed by atoms with Crippen molar-refractivity contribution in [3.05, 3.63) is 35.2 Å². The van der Waals surface area contributed by atoms with E-state index in [1.54, 1.807) is 13.0 Å². The first-order valence-electron chi connectivity index (χ1n) is 5.63. The highest BCUT2D eigenvalue weighted by Crippen LogP contribution is 2.17. The van der Waals surface area contributed by atoms with Gasteiger partial charge in [-0.3, -0.25) is 14.9 Å². The molecule has 0 aromatic carbocycles. The summed E-state index contributed by atoms with van der Waals surface area (Å²) >= 11 is 1.03. The summed E-state index contributed by atoms with van der Waals surface area (Å²) in [5, 5.41) is 4.03. The largest absolute Gasteiger partial charge is 0.460 e. The topological polar surface area (TPSA) is 98.5 Å². The van der Waals surface area contributed by atoms with Gasteiger partial charge in [0.05, 0.1) is 12.9 Å². The molecule has 0 unspecified atom stereocenters. The summed E-state index contributed by atoms with van der Waals surface area (Å²) in [6.45, 7) is 1.71. The van der Waals surface area contributed by atoms with Crippen molar-refractivity contribution in [2.24, 2.45) is 0 Å². The monoisotopic (exact) mass is 294 g/mol. The number of Topliss-reactive ketones (excluding diaryl/α,β-unsaturated/α-hetero) is 1. The van der Waals surface area contributed by atoms with Crippen LogP contribution in [0.25, 0.3) is 0 Å². The van der Waals surface area contributed by atoms with E-state index in [0.29, 0.717) is 0 Å². The number of furan rings is 1. The molecule has 2 rings (SSSR count). The fourth-order valence-corrected chi connectivity index (χ4v) is 1.99. The fraction of sp³-hybridized carbons (Fsp3) is 0.167. The highest BCUT2D eigenvalue weighted by Gasteiger charge is 2.21. The van der Waals surface area contributed by atoms with Gasteiger partial charge in [0.15, 0.2) is 10.9 Å². The molecule has 8 heteroatoms. The average Bonchev–Trinajstić information content (AvgIpc) is 3.09. The van der Waals surface area contributed by atoms with Gasteiger partial charge in [-0.25, -0.2) is 9.78 Å². The van der Waals surface area contributed by atoms with Crippen LogP contribution in [0.1, 0.15) is 28.0 Å².